The molecule has 90 valence electrons. The smallest absolute Gasteiger partial charge is 0.223 e. The molecule has 0 spiro atoms. The van der Waals surface area contributed by atoms with Gasteiger partial charge in [0, 0.05) is 6.42 Å². The van der Waals surface area contributed by atoms with Gasteiger partial charge in [-0.1, -0.05) is 6.07 Å². The molecule has 0 aromatic heterocycles. The Labute approximate surface area is 98.2 Å². The second kappa shape index (κ2) is 3.52. The summed E-state index contributed by atoms with van der Waals surface area (Å²) < 4.78 is 27.4. The van der Waals surface area contributed by atoms with Crippen LogP contribution in [0.1, 0.15) is 43.1 Å². The fourth-order valence-electron chi connectivity index (χ4n) is 3.00. The van der Waals surface area contributed by atoms with Gasteiger partial charge in [-0.15, -0.1) is 0 Å². The summed E-state index contributed by atoms with van der Waals surface area (Å²) in [5.74, 6) is -0.398. The monoisotopic (exact) mass is 237 g/mol. The number of carbonyl (C=O) groups is 1. The van der Waals surface area contributed by atoms with E-state index in [-0.39, 0.29) is 17.8 Å². The summed E-state index contributed by atoms with van der Waals surface area (Å²) in [7, 11) is 0. The fraction of sp³-hybridized carbons (Fsp3) is 0.462. The Bertz CT molecular complexity index is 488. The van der Waals surface area contributed by atoms with Crippen LogP contribution < -0.4 is 0 Å². The first kappa shape index (κ1) is 10.7. The molecule has 0 bridgehead atoms. The van der Waals surface area contributed by atoms with Gasteiger partial charge in [-0.05, 0) is 36.6 Å². The molecule has 1 aromatic carbocycles. The maximum absolute atomic E-state index is 14.2. The van der Waals surface area contributed by atoms with Crippen molar-refractivity contribution in [1.29, 1.82) is 0 Å². The summed E-state index contributed by atoms with van der Waals surface area (Å²) in [6.07, 6.45) is -0.131. The van der Waals surface area contributed by atoms with Crippen LogP contribution >= 0.6 is 0 Å². The first-order valence-corrected chi connectivity index (χ1v) is 5.84. The molecule has 2 aliphatic heterocycles. The van der Waals surface area contributed by atoms with Crippen LogP contribution in [0, 0.1) is 5.82 Å². The maximum Gasteiger partial charge on any atom is 0.223 e. The van der Waals surface area contributed by atoms with E-state index in [9.17, 15) is 13.6 Å². The van der Waals surface area contributed by atoms with E-state index in [0.717, 1.165) is 0 Å². The lowest BCUT2D eigenvalue weighted by Crippen LogP contribution is -2.42. The lowest BCUT2D eigenvalue weighted by atomic mass is 9.88. The quantitative estimate of drug-likeness (QED) is 0.679. The molecule has 1 fully saturated rings. The number of nitrogens with zero attached hydrogens (tertiary/aromatic N) is 1. The minimum absolute atomic E-state index is 0.0277. The highest BCUT2D eigenvalue weighted by atomic mass is 19.1. The molecule has 17 heavy (non-hydrogen) atoms. The van der Waals surface area contributed by atoms with Crippen molar-refractivity contribution in [3.05, 3.63) is 35.1 Å². The Morgan fingerprint density at radius 2 is 2.12 bits per heavy atom. The Morgan fingerprint density at radius 3 is 2.88 bits per heavy atom. The van der Waals surface area contributed by atoms with Gasteiger partial charge in [0.2, 0.25) is 5.91 Å². The average Bonchev–Trinajstić information content (AvgIpc) is 2.68. The summed E-state index contributed by atoms with van der Waals surface area (Å²) in [4.78, 5) is 13.3. The third-order valence-electron chi connectivity index (χ3n) is 3.82. The standard InChI is InChI=1S/C13H13F2NO/c1-7-13(15)9-3-2-8(14)6-10(9)11-4-5-12(17)16(7)11/h2-3,6-7,11,13H,4-5H2,1H3/t7-,11+,13+/m1/s1. The topological polar surface area (TPSA) is 20.3 Å². The van der Waals surface area contributed by atoms with E-state index in [0.29, 0.717) is 24.0 Å². The summed E-state index contributed by atoms with van der Waals surface area (Å²) in [5.41, 5.74) is 1.18. The number of hydrogen-bond acceptors (Lipinski definition) is 1. The number of halogens is 2. The molecule has 2 nitrogen and oxygen atoms in total. The van der Waals surface area contributed by atoms with Crippen LogP contribution in [0.5, 0.6) is 0 Å². The Morgan fingerprint density at radius 1 is 1.35 bits per heavy atom. The number of benzene rings is 1. The van der Waals surface area contributed by atoms with Crippen molar-refractivity contribution in [2.75, 3.05) is 0 Å². The van der Waals surface area contributed by atoms with E-state index in [1.807, 2.05) is 0 Å². The molecule has 0 aliphatic carbocycles. The fourth-order valence-corrected chi connectivity index (χ4v) is 3.00. The Balaban J connectivity index is 2.16. The largest absolute Gasteiger partial charge is 0.330 e. The van der Waals surface area contributed by atoms with Crippen molar-refractivity contribution < 1.29 is 13.6 Å². The summed E-state index contributed by atoms with van der Waals surface area (Å²) in [6.45, 7) is 1.72. The summed E-state index contributed by atoms with van der Waals surface area (Å²) in [5, 5.41) is 0. The van der Waals surface area contributed by atoms with Gasteiger partial charge in [0.1, 0.15) is 12.0 Å². The van der Waals surface area contributed by atoms with Crippen LogP contribution in [-0.4, -0.2) is 16.8 Å². The number of alkyl halides is 1. The van der Waals surface area contributed by atoms with Crippen LogP contribution in [0.15, 0.2) is 18.2 Å². The maximum atomic E-state index is 14.2. The lowest BCUT2D eigenvalue weighted by Gasteiger charge is -2.39. The summed E-state index contributed by atoms with van der Waals surface area (Å²) >= 11 is 0. The SMILES string of the molecule is C[C@@H]1[C@H](F)c2ccc(F)cc2[C@@H]2CCC(=O)N12. The number of amides is 1. The molecule has 2 heterocycles. The van der Waals surface area contributed by atoms with E-state index >= 15 is 0 Å². The highest BCUT2D eigenvalue weighted by Gasteiger charge is 2.44. The molecule has 1 amide bonds. The molecule has 4 heteroatoms. The minimum Gasteiger partial charge on any atom is -0.330 e. The number of hydrogen-bond donors (Lipinski definition) is 0. The van der Waals surface area contributed by atoms with Crippen molar-refractivity contribution >= 4 is 5.91 Å². The van der Waals surface area contributed by atoms with Crippen LogP contribution in [0.25, 0.3) is 0 Å². The van der Waals surface area contributed by atoms with E-state index in [1.54, 1.807) is 11.8 Å². The van der Waals surface area contributed by atoms with Gasteiger partial charge >= 0.3 is 0 Å². The molecule has 0 unspecified atom stereocenters. The second-order valence-corrected chi connectivity index (χ2v) is 4.77. The molecule has 1 aromatic rings. The summed E-state index contributed by atoms with van der Waals surface area (Å²) in [6, 6.07) is 3.56. The zero-order valence-corrected chi connectivity index (χ0v) is 9.49. The molecule has 0 radical (unpaired) electrons. The van der Waals surface area contributed by atoms with Crippen molar-refractivity contribution in [2.45, 2.75) is 38.0 Å². The highest BCUT2D eigenvalue weighted by Crippen LogP contribution is 2.46. The normalized spacial score (nSPS) is 31.4. The van der Waals surface area contributed by atoms with E-state index in [1.165, 1.54) is 18.2 Å². The first-order chi connectivity index (χ1) is 8.09. The van der Waals surface area contributed by atoms with Gasteiger partial charge in [0.05, 0.1) is 12.1 Å². The van der Waals surface area contributed by atoms with Crippen molar-refractivity contribution in [3.8, 4) is 0 Å². The highest BCUT2D eigenvalue weighted by molar-refractivity contribution is 5.80. The average molecular weight is 237 g/mol. The predicted molar refractivity (Wildman–Crippen MR) is 58.5 cm³/mol. The van der Waals surface area contributed by atoms with E-state index in [2.05, 4.69) is 0 Å². The zero-order valence-electron chi connectivity index (χ0n) is 9.49. The second-order valence-electron chi connectivity index (χ2n) is 4.77. The number of fused-ring (bicyclic) bond motifs is 3. The molecule has 2 aliphatic rings. The van der Waals surface area contributed by atoms with Crippen LogP contribution in [0.4, 0.5) is 8.78 Å². The van der Waals surface area contributed by atoms with Crippen molar-refractivity contribution in [1.82, 2.24) is 4.90 Å². The van der Waals surface area contributed by atoms with Gasteiger partial charge in [-0.3, -0.25) is 4.79 Å². The van der Waals surface area contributed by atoms with Crippen molar-refractivity contribution in [3.63, 3.8) is 0 Å². The number of carbonyl (C=O) groups excluding carboxylic acids is 1. The third kappa shape index (κ3) is 1.39. The first-order valence-electron chi connectivity index (χ1n) is 5.84. The van der Waals surface area contributed by atoms with E-state index in [4.69, 9.17) is 0 Å². The van der Waals surface area contributed by atoms with Gasteiger partial charge in [-0.2, -0.15) is 0 Å². The zero-order chi connectivity index (χ0) is 12.2. The third-order valence-corrected chi connectivity index (χ3v) is 3.82. The van der Waals surface area contributed by atoms with Crippen molar-refractivity contribution in [2.24, 2.45) is 0 Å². The van der Waals surface area contributed by atoms with Gasteiger partial charge < -0.3 is 4.90 Å². The molecule has 3 atom stereocenters. The Kier molecular flexibility index (Phi) is 2.21. The van der Waals surface area contributed by atoms with Gasteiger partial charge in [-0.25, -0.2) is 8.78 Å². The van der Waals surface area contributed by atoms with Crippen LogP contribution in [0.2, 0.25) is 0 Å². The van der Waals surface area contributed by atoms with Gasteiger partial charge in [0.15, 0.2) is 0 Å². The lowest BCUT2D eigenvalue weighted by molar-refractivity contribution is -0.133. The molecule has 0 N–H and O–H groups in total. The molecule has 1 saturated heterocycles. The Hall–Kier alpha value is -1.45. The molecule has 0 saturated carbocycles. The minimum atomic E-state index is -1.22. The molecule has 3 rings (SSSR count). The number of rotatable bonds is 0. The van der Waals surface area contributed by atoms with E-state index < -0.39 is 12.2 Å². The predicted octanol–water partition coefficient (Wildman–Crippen LogP) is 2.90. The molecular weight excluding hydrogens is 224 g/mol. The van der Waals surface area contributed by atoms with Crippen LogP contribution in [0.3, 0.4) is 0 Å². The molecular formula is C13H13F2NO. The van der Waals surface area contributed by atoms with Crippen LogP contribution in [-0.2, 0) is 4.79 Å². The van der Waals surface area contributed by atoms with Gasteiger partial charge in [0.25, 0.3) is 0 Å².